The number of aromatic nitrogens is 6. The third-order valence-corrected chi connectivity index (χ3v) is 10.9. The molecule has 8 rings (SSSR count). The Bertz CT molecular complexity index is 1940. The predicted octanol–water partition coefficient (Wildman–Crippen LogP) is 1.35. The van der Waals surface area contributed by atoms with Crippen molar-refractivity contribution >= 4 is 52.7 Å². The van der Waals surface area contributed by atoms with Crippen LogP contribution in [0.1, 0.15) is 37.7 Å². The van der Waals surface area contributed by atoms with Gasteiger partial charge < -0.3 is 24.6 Å². The lowest BCUT2D eigenvalue weighted by Gasteiger charge is -2.24. The molecule has 0 bridgehead atoms. The average molecular weight is 598 g/mol. The second kappa shape index (κ2) is 9.16. The van der Waals surface area contributed by atoms with E-state index in [2.05, 4.69) is 19.9 Å². The van der Waals surface area contributed by atoms with E-state index < -0.39 is 22.6 Å². The minimum Gasteiger partial charge on any atom is -0.598 e. The van der Waals surface area contributed by atoms with E-state index in [4.69, 9.17) is 4.98 Å². The first-order chi connectivity index (χ1) is 20.5. The van der Waals surface area contributed by atoms with E-state index in [1.165, 1.54) is 12.5 Å². The van der Waals surface area contributed by atoms with Crippen LogP contribution in [0.5, 0.6) is 0 Å². The molecule has 1 amide bonds. The van der Waals surface area contributed by atoms with Gasteiger partial charge in [0, 0.05) is 72.0 Å². The number of amides is 1. The summed E-state index contributed by atoms with van der Waals surface area (Å²) in [5.74, 6) is -2.11. The Labute approximate surface area is 250 Å². The van der Waals surface area contributed by atoms with E-state index in [0.29, 0.717) is 24.0 Å². The van der Waals surface area contributed by atoms with E-state index in [0.717, 1.165) is 63.7 Å². The monoisotopic (exact) mass is 598 g/mol. The fourth-order valence-electron chi connectivity index (χ4n) is 7.11. The maximum absolute atomic E-state index is 14.1. The Balaban J connectivity index is 1.35. The number of H-pyrrole nitrogens is 1. The molecule has 0 radical (unpaired) electrons. The zero-order valence-corrected chi connectivity index (χ0v) is 24.9. The van der Waals surface area contributed by atoms with Crippen molar-refractivity contribution in [2.45, 2.75) is 54.6 Å². The molecule has 4 aromatic heterocycles. The van der Waals surface area contributed by atoms with E-state index >= 15 is 0 Å². The SMILES string of the molecule is BC(O)(O)n1ncc2cc(-c3c(-c4cnn(C)c4)[nH]c4ncc5c(c34)C3(CCC(N[S+]([O-])C4CC4)C3)C(=O)N5C)ccc21. The number of aryl methyl sites for hydroxylation is 1. The first-order valence-electron chi connectivity index (χ1n) is 14.5. The molecule has 4 N–H and O–H groups in total. The molecule has 2 fully saturated rings. The summed E-state index contributed by atoms with van der Waals surface area (Å²) in [5.41, 5.74) is 5.64. The lowest BCUT2D eigenvalue weighted by atomic mass is 9.77. The molecule has 0 saturated heterocycles. The molecule has 3 atom stereocenters. The Kier molecular flexibility index (Phi) is 5.73. The fraction of sp³-hybridized carbons (Fsp3) is 0.379. The minimum atomic E-state index is -2.15. The molecule has 3 aliphatic rings. The Hall–Kier alpha value is -3.69. The van der Waals surface area contributed by atoms with E-state index in [9.17, 15) is 19.6 Å². The molecule has 2 aliphatic carbocycles. The maximum Gasteiger partial charge on any atom is 0.237 e. The lowest BCUT2D eigenvalue weighted by Crippen LogP contribution is -2.40. The van der Waals surface area contributed by atoms with Gasteiger partial charge >= 0.3 is 0 Å². The normalized spacial score (nSPS) is 22.9. The molecule has 5 aromatic rings. The molecule has 43 heavy (non-hydrogen) atoms. The Morgan fingerprint density at radius 1 is 1.16 bits per heavy atom. The van der Waals surface area contributed by atoms with Gasteiger partial charge in [-0.3, -0.25) is 9.48 Å². The summed E-state index contributed by atoms with van der Waals surface area (Å²) >= 11 is -1.09. The van der Waals surface area contributed by atoms with Crippen molar-refractivity contribution in [3.8, 4) is 22.4 Å². The third kappa shape index (κ3) is 4.01. The molecule has 1 aliphatic heterocycles. The average Bonchev–Trinajstić information content (AvgIpc) is 3.27. The number of pyridine rings is 1. The number of anilines is 1. The first kappa shape index (κ1) is 26.9. The van der Waals surface area contributed by atoms with Crippen LogP contribution in [0.25, 0.3) is 44.3 Å². The van der Waals surface area contributed by atoms with Gasteiger partial charge in [-0.05, 0) is 37.0 Å². The van der Waals surface area contributed by atoms with Crippen LogP contribution in [-0.4, -0.2) is 76.4 Å². The smallest absolute Gasteiger partial charge is 0.237 e. The summed E-state index contributed by atoms with van der Waals surface area (Å²) in [6.45, 7) is 0. The fourth-order valence-corrected chi connectivity index (χ4v) is 8.40. The van der Waals surface area contributed by atoms with Crippen LogP contribution < -0.4 is 9.62 Å². The molecular weight excluding hydrogens is 567 g/mol. The number of hydrogen-bond acceptors (Lipinski definition) is 8. The van der Waals surface area contributed by atoms with Gasteiger partial charge in [0.05, 0.1) is 46.9 Å². The van der Waals surface area contributed by atoms with Gasteiger partial charge in [-0.2, -0.15) is 10.2 Å². The van der Waals surface area contributed by atoms with Crippen molar-refractivity contribution in [3.05, 3.63) is 48.5 Å². The second-order valence-corrected chi connectivity index (χ2v) is 13.8. The predicted molar refractivity (Wildman–Crippen MR) is 165 cm³/mol. The second-order valence-electron chi connectivity index (χ2n) is 12.3. The zero-order valence-electron chi connectivity index (χ0n) is 24.0. The van der Waals surface area contributed by atoms with Crippen LogP contribution in [-0.2, 0) is 34.4 Å². The van der Waals surface area contributed by atoms with Gasteiger partial charge in [0.2, 0.25) is 19.6 Å². The van der Waals surface area contributed by atoms with Crippen LogP contribution in [0, 0.1) is 0 Å². The van der Waals surface area contributed by atoms with Crippen LogP contribution in [0.15, 0.2) is 43.0 Å². The number of aliphatic hydroxyl groups is 2. The summed E-state index contributed by atoms with van der Waals surface area (Å²) in [7, 11) is 4.93. The molecule has 2 saturated carbocycles. The number of fused-ring (bicyclic) bond motifs is 5. The minimum absolute atomic E-state index is 0.0263. The van der Waals surface area contributed by atoms with Gasteiger partial charge in [-0.25, -0.2) is 9.67 Å². The lowest BCUT2D eigenvalue weighted by molar-refractivity contribution is -0.157. The number of aromatic amines is 1. The maximum atomic E-state index is 14.1. The van der Waals surface area contributed by atoms with Crippen molar-refractivity contribution in [2.24, 2.45) is 7.05 Å². The van der Waals surface area contributed by atoms with Crippen molar-refractivity contribution in [1.82, 2.24) is 34.3 Å². The number of benzene rings is 1. The third-order valence-electron chi connectivity index (χ3n) is 9.23. The standard InChI is InChI=1S/C29H31BN8O4S/c1-36-14-17(12-32-36)25-22(15-3-6-20-16(9-15)11-33-38(20)29(30,40)41)23-24-21(13-31-26(23)34-25)37(2)27(39)28(24)8-7-18(10-28)35-43(42)19-4-5-19/h3,6,9,11-14,18-19,35,40-41H,4-5,7-8,10,30H2,1-2H3,(H,31,34). The number of rotatable bonds is 6. The summed E-state index contributed by atoms with van der Waals surface area (Å²) < 4.78 is 19.0. The number of carbonyl (C=O) groups excluding carboxylic acids is 1. The quantitative estimate of drug-likeness (QED) is 0.130. The van der Waals surface area contributed by atoms with E-state index in [1.807, 2.05) is 38.5 Å². The summed E-state index contributed by atoms with van der Waals surface area (Å²) in [5, 5.41) is 30.9. The van der Waals surface area contributed by atoms with Crippen LogP contribution in [0.3, 0.4) is 0 Å². The van der Waals surface area contributed by atoms with Gasteiger partial charge in [0.1, 0.15) is 10.9 Å². The highest BCUT2D eigenvalue weighted by molar-refractivity contribution is 7.90. The van der Waals surface area contributed by atoms with Crippen molar-refractivity contribution in [2.75, 3.05) is 11.9 Å². The summed E-state index contributed by atoms with van der Waals surface area (Å²) in [6.07, 6.45) is 11.0. The molecule has 12 nitrogen and oxygen atoms in total. The van der Waals surface area contributed by atoms with Gasteiger partial charge in [-0.15, -0.1) is 4.72 Å². The summed E-state index contributed by atoms with van der Waals surface area (Å²) in [4.78, 5) is 24.2. The van der Waals surface area contributed by atoms with Crippen molar-refractivity contribution < 1.29 is 19.6 Å². The Morgan fingerprint density at radius 3 is 2.70 bits per heavy atom. The molecule has 14 heteroatoms. The topological polar surface area (TPSA) is 160 Å². The number of likely N-dealkylation sites (N-methyl/N-ethyl adjacent to an activating group) is 1. The zero-order chi connectivity index (χ0) is 29.8. The van der Waals surface area contributed by atoms with Crippen LogP contribution in [0.4, 0.5) is 5.69 Å². The van der Waals surface area contributed by atoms with Gasteiger partial charge in [0.15, 0.2) is 0 Å². The van der Waals surface area contributed by atoms with Gasteiger partial charge in [0.25, 0.3) is 0 Å². The highest BCUT2D eigenvalue weighted by Crippen LogP contribution is 2.55. The number of carbonyl (C=O) groups is 1. The largest absolute Gasteiger partial charge is 0.598 e. The molecule has 3 unspecified atom stereocenters. The number of nitrogens with zero attached hydrogens (tertiary/aromatic N) is 6. The van der Waals surface area contributed by atoms with E-state index in [-0.39, 0.29) is 17.2 Å². The van der Waals surface area contributed by atoms with Crippen molar-refractivity contribution in [1.29, 1.82) is 0 Å². The molecular formula is C29H31BN8O4S. The molecule has 5 heterocycles. The van der Waals surface area contributed by atoms with Crippen molar-refractivity contribution in [3.63, 3.8) is 0 Å². The first-order valence-corrected chi connectivity index (χ1v) is 15.7. The highest BCUT2D eigenvalue weighted by atomic mass is 32.2. The Morgan fingerprint density at radius 2 is 1.98 bits per heavy atom. The highest BCUT2D eigenvalue weighted by Gasteiger charge is 2.56. The van der Waals surface area contributed by atoms with Crippen LogP contribution >= 0.6 is 0 Å². The van der Waals surface area contributed by atoms with Gasteiger partial charge in [-0.1, -0.05) is 6.07 Å². The molecule has 220 valence electrons. The molecule has 1 aromatic carbocycles. The number of hydrogen-bond donors (Lipinski definition) is 4. The van der Waals surface area contributed by atoms with E-state index in [1.54, 1.807) is 28.2 Å². The molecule has 1 spiro atoms. The number of nitrogens with one attached hydrogen (secondary N) is 2. The summed E-state index contributed by atoms with van der Waals surface area (Å²) in [6, 6.07) is 5.69. The van der Waals surface area contributed by atoms with Crippen LogP contribution in [0.2, 0.25) is 0 Å².